The van der Waals surface area contributed by atoms with Gasteiger partial charge in [-0.3, -0.25) is 20.9 Å². The van der Waals surface area contributed by atoms with E-state index in [0.29, 0.717) is 6.04 Å². The lowest BCUT2D eigenvalue weighted by Crippen LogP contribution is -2.63. The minimum atomic E-state index is 0.0785. The van der Waals surface area contributed by atoms with Crippen molar-refractivity contribution in [3.05, 3.63) is 24.4 Å². The van der Waals surface area contributed by atoms with E-state index in [-0.39, 0.29) is 12.5 Å². The molecule has 0 saturated carbocycles. The number of aliphatic imine (C=N–C) groups is 1. The van der Waals surface area contributed by atoms with E-state index in [2.05, 4.69) is 49.4 Å². The van der Waals surface area contributed by atoms with Gasteiger partial charge in [-0.05, 0) is 25.5 Å². The Morgan fingerprint density at radius 1 is 1.05 bits per heavy atom. The summed E-state index contributed by atoms with van der Waals surface area (Å²) in [6.45, 7) is 3.65. The lowest BCUT2D eigenvalue weighted by Gasteiger charge is -2.41. The molecule has 0 saturated heterocycles. The predicted molar refractivity (Wildman–Crippen MR) is 85.8 cm³/mol. The van der Waals surface area contributed by atoms with Crippen LogP contribution in [0.5, 0.6) is 0 Å². The Bertz CT molecular complexity index is 405. The fourth-order valence-electron chi connectivity index (χ4n) is 3.09. The molecule has 6 heteroatoms. The van der Waals surface area contributed by atoms with Crippen LogP contribution in [0.25, 0.3) is 0 Å². The van der Waals surface area contributed by atoms with Gasteiger partial charge in [-0.15, -0.1) is 0 Å². The van der Waals surface area contributed by atoms with Crippen molar-refractivity contribution >= 4 is 6.21 Å². The first-order valence-corrected chi connectivity index (χ1v) is 7.96. The van der Waals surface area contributed by atoms with Gasteiger partial charge in [0.25, 0.3) is 0 Å². The van der Waals surface area contributed by atoms with Crippen LogP contribution in [0.2, 0.25) is 0 Å². The van der Waals surface area contributed by atoms with Crippen molar-refractivity contribution in [1.29, 1.82) is 0 Å². The van der Waals surface area contributed by atoms with E-state index in [0.717, 1.165) is 45.6 Å². The number of allylic oxidation sites excluding steroid dienone is 1. The standard InChI is InChI=1S/C15H26N6/c1-2-7-16-12-20-13(6-1)14-17-8-3-4-11-21(14)15-18-9-5-10-19-15/h2-4,7,9,13-17,19-20H,1,5-6,8,10-12H2/b7-2-. The zero-order valence-corrected chi connectivity index (χ0v) is 12.5. The molecule has 3 atom stereocenters. The highest BCUT2D eigenvalue weighted by Crippen LogP contribution is 2.15. The maximum atomic E-state index is 4.64. The highest BCUT2D eigenvalue weighted by Gasteiger charge is 2.32. The molecule has 0 radical (unpaired) electrons. The van der Waals surface area contributed by atoms with Crippen LogP contribution in [0.1, 0.15) is 19.3 Å². The van der Waals surface area contributed by atoms with Crippen molar-refractivity contribution in [2.75, 3.05) is 26.3 Å². The third kappa shape index (κ3) is 3.91. The smallest absolute Gasteiger partial charge is 0.157 e. The maximum absolute atomic E-state index is 4.64. The largest absolute Gasteiger partial charge is 0.379 e. The second-order valence-electron chi connectivity index (χ2n) is 5.64. The van der Waals surface area contributed by atoms with Gasteiger partial charge >= 0.3 is 0 Å². The SMILES string of the molecule is C1=CCN(C2N=CCCN2)C(C2CC/C=C\NCN2)NC1. The summed E-state index contributed by atoms with van der Waals surface area (Å²) >= 11 is 0. The van der Waals surface area contributed by atoms with Crippen LogP contribution >= 0.6 is 0 Å². The number of nitrogens with zero attached hydrogens (tertiary/aromatic N) is 2. The molecule has 0 aromatic carbocycles. The van der Waals surface area contributed by atoms with Gasteiger partial charge in [0.1, 0.15) is 0 Å². The topological polar surface area (TPSA) is 63.7 Å². The Kier molecular flexibility index (Phi) is 5.40. The third-order valence-corrected chi connectivity index (χ3v) is 4.17. The van der Waals surface area contributed by atoms with E-state index in [1.165, 1.54) is 0 Å². The summed E-state index contributed by atoms with van der Waals surface area (Å²) in [6.07, 6.45) is 14.3. The molecule has 3 aliphatic heterocycles. The molecule has 116 valence electrons. The van der Waals surface area contributed by atoms with Gasteiger partial charge in [0, 0.05) is 31.9 Å². The molecule has 3 heterocycles. The van der Waals surface area contributed by atoms with Gasteiger partial charge < -0.3 is 5.32 Å². The monoisotopic (exact) mass is 290 g/mol. The number of hydrogen-bond donors (Lipinski definition) is 4. The molecule has 0 bridgehead atoms. The molecule has 3 aliphatic rings. The van der Waals surface area contributed by atoms with Gasteiger partial charge in [0.2, 0.25) is 0 Å². The molecule has 0 aromatic rings. The van der Waals surface area contributed by atoms with E-state index in [4.69, 9.17) is 0 Å². The van der Waals surface area contributed by atoms with Crippen LogP contribution in [0, 0.1) is 0 Å². The molecule has 4 N–H and O–H groups in total. The molecule has 0 spiro atoms. The number of nitrogens with one attached hydrogen (secondary N) is 4. The second kappa shape index (κ2) is 7.70. The molecule has 3 unspecified atom stereocenters. The Morgan fingerprint density at radius 2 is 2.05 bits per heavy atom. The first kappa shape index (κ1) is 14.7. The summed E-state index contributed by atoms with van der Waals surface area (Å²) < 4.78 is 0. The van der Waals surface area contributed by atoms with Crippen molar-refractivity contribution in [2.45, 2.75) is 37.8 Å². The molecule has 6 nitrogen and oxygen atoms in total. The van der Waals surface area contributed by atoms with Crippen molar-refractivity contribution in [1.82, 2.24) is 26.2 Å². The average molecular weight is 290 g/mol. The molecular formula is C15H26N6. The predicted octanol–water partition coefficient (Wildman–Crippen LogP) is -0.0656. The van der Waals surface area contributed by atoms with E-state index >= 15 is 0 Å². The summed E-state index contributed by atoms with van der Waals surface area (Å²) in [5.41, 5.74) is 0. The third-order valence-electron chi connectivity index (χ3n) is 4.17. The second-order valence-corrected chi connectivity index (χ2v) is 5.64. The Balaban J connectivity index is 1.73. The van der Waals surface area contributed by atoms with Crippen LogP contribution in [-0.4, -0.2) is 55.9 Å². The van der Waals surface area contributed by atoms with Gasteiger partial charge in [-0.25, -0.2) is 4.90 Å². The minimum Gasteiger partial charge on any atom is -0.379 e. The molecule has 0 fully saturated rings. The Hall–Kier alpha value is -1.21. The summed E-state index contributed by atoms with van der Waals surface area (Å²) in [6, 6.07) is 0.404. The molecule has 3 rings (SSSR count). The maximum Gasteiger partial charge on any atom is 0.157 e. The normalized spacial score (nSPS) is 36.3. The lowest BCUT2D eigenvalue weighted by atomic mass is 10.1. The Morgan fingerprint density at radius 3 is 2.95 bits per heavy atom. The fourth-order valence-corrected chi connectivity index (χ4v) is 3.09. The van der Waals surface area contributed by atoms with Crippen LogP contribution < -0.4 is 21.3 Å². The van der Waals surface area contributed by atoms with E-state index < -0.39 is 0 Å². The van der Waals surface area contributed by atoms with Gasteiger partial charge in [0.05, 0.1) is 12.8 Å². The summed E-state index contributed by atoms with van der Waals surface area (Å²) in [5.74, 6) is 0. The van der Waals surface area contributed by atoms with Crippen LogP contribution in [0.4, 0.5) is 0 Å². The van der Waals surface area contributed by atoms with E-state index in [1.54, 1.807) is 0 Å². The number of rotatable bonds is 2. The first-order valence-electron chi connectivity index (χ1n) is 7.96. The van der Waals surface area contributed by atoms with E-state index in [9.17, 15) is 0 Å². The first-order chi connectivity index (χ1) is 10.4. The summed E-state index contributed by atoms with van der Waals surface area (Å²) in [7, 11) is 0. The van der Waals surface area contributed by atoms with E-state index in [1.807, 2.05) is 12.4 Å². The van der Waals surface area contributed by atoms with Crippen LogP contribution in [-0.2, 0) is 0 Å². The highest BCUT2D eigenvalue weighted by atomic mass is 15.4. The molecule has 0 aromatic heterocycles. The van der Waals surface area contributed by atoms with Crippen molar-refractivity contribution in [3.63, 3.8) is 0 Å². The molecule has 21 heavy (non-hydrogen) atoms. The van der Waals surface area contributed by atoms with Crippen molar-refractivity contribution < 1.29 is 0 Å². The van der Waals surface area contributed by atoms with Gasteiger partial charge in [-0.1, -0.05) is 18.2 Å². The van der Waals surface area contributed by atoms with Crippen molar-refractivity contribution in [2.24, 2.45) is 4.99 Å². The zero-order chi connectivity index (χ0) is 14.3. The average Bonchev–Trinajstić information content (AvgIpc) is 2.74. The summed E-state index contributed by atoms with van der Waals surface area (Å²) in [4.78, 5) is 7.06. The van der Waals surface area contributed by atoms with Crippen LogP contribution in [0.3, 0.4) is 0 Å². The minimum absolute atomic E-state index is 0.0785. The lowest BCUT2D eigenvalue weighted by molar-refractivity contribution is 0.0795. The van der Waals surface area contributed by atoms with Crippen LogP contribution in [0.15, 0.2) is 29.4 Å². The highest BCUT2D eigenvalue weighted by molar-refractivity contribution is 5.58. The van der Waals surface area contributed by atoms with Gasteiger partial charge in [-0.2, -0.15) is 0 Å². The summed E-state index contributed by atoms with van der Waals surface area (Å²) in [5, 5.41) is 14.0. The zero-order valence-electron chi connectivity index (χ0n) is 12.5. The number of hydrogen-bond acceptors (Lipinski definition) is 6. The molecular weight excluding hydrogens is 264 g/mol. The quantitative estimate of drug-likeness (QED) is 0.537. The van der Waals surface area contributed by atoms with Crippen molar-refractivity contribution in [3.8, 4) is 0 Å². The molecule has 0 amide bonds. The molecule has 0 aliphatic carbocycles. The van der Waals surface area contributed by atoms with Gasteiger partial charge in [0.15, 0.2) is 6.29 Å². The Labute approximate surface area is 126 Å². The fraction of sp³-hybridized carbons (Fsp3) is 0.667.